The summed E-state index contributed by atoms with van der Waals surface area (Å²) in [5, 5.41) is 0. The van der Waals surface area contributed by atoms with Crippen LogP contribution in [-0.2, 0) is 14.9 Å². The summed E-state index contributed by atoms with van der Waals surface area (Å²) in [4.78, 5) is 12.4. The molecule has 3 aromatic rings. The number of benzene rings is 3. The minimum Gasteiger partial charge on any atom is -0.459 e. The van der Waals surface area contributed by atoms with E-state index < -0.39 is 17.1 Å². The first-order valence-corrected chi connectivity index (χ1v) is 12.1. The van der Waals surface area contributed by atoms with Crippen LogP contribution < -0.4 is 11.5 Å². The van der Waals surface area contributed by atoms with Crippen molar-refractivity contribution in [3.8, 4) is 0 Å². The number of carbonyl (C=O) groups is 1. The number of rotatable bonds is 9. The predicted octanol–water partition coefficient (Wildman–Crippen LogP) is 5.50. The zero-order chi connectivity index (χ0) is 24.8. The van der Waals surface area contributed by atoms with Gasteiger partial charge in [0.25, 0.3) is 0 Å². The quantitative estimate of drug-likeness (QED) is 0.328. The Morgan fingerprint density at radius 3 is 1.82 bits per heavy atom. The summed E-state index contributed by atoms with van der Waals surface area (Å²) in [6.45, 7) is 7.66. The molecule has 0 amide bonds. The zero-order valence-corrected chi connectivity index (χ0v) is 20.8. The average Bonchev–Trinajstić information content (AvgIpc) is 2.80. The summed E-state index contributed by atoms with van der Waals surface area (Å²) in [5.74, 6) is -0.364. The van der Waals surface area contributed by atoms with Crippen LogP contribution in [0.2, 0.25) is 0 Å². The molecule has 0 fully saturated rings. The summed E-state index contributed by atoms with van der Waals surface area (Å²) in [7, 11) is 0. The van der Waals surface area contributed by atoms with Crippen molar-refractivity contribution in [2.24, 2.45) is 11.5 Å². The molecule has 4 nitrogen and oxygen atoms in total. The lowest BCUT2D eigenvalue weighted by Gasteiger charge is -2.41. The van der Waals surface area contributed by atoms with Crippen LogP contribution in [0.25, 0.3) is 0 Å². The van der Waals surface area contributed by atoms with E-state index >= 15 is 0 Å². The normalized spacial score (nSPS) is 13.8. The molecule has 0 bridgehead atoms. The molecule has 3 aromatic carbocycles. The molecule has 4 heteroatoms. The van der Waals surface area contributed by atoms with Gasteiger partial charge >= 0.3 is 5.97 Å². The summed E-state index contributed by atoms with van der Waals surface area (Å²) < 4.78 is 5.45. The van der Waals surface area contributed by atoms with Crippen LogP contribution in [0.15, 0.2) is 84.9 Å². The molecule has 0 aliphatic rings. The lowest BCUT2D eigenvalue weighted by molar-refractivity contribution is -0.156. The number of aryl methyl sites for hydroxylation is 1. The van der Waals surface area contributed by atoms with Gasteiger partial charge in [-0.1, -0.05) is 90.5 Å². The van der Waals surface area contributed by atoms with Crippen molar-refractivity contribution in [2.75, 3.05) is 0 Å². The maximum Gasteiger partial charge on any atom is 0.323 e. The number of hydrogen-bond acceptors (Lipinski definition) is 4. The maximum atomic E-state index is 12.4. The van der Waals surface area contributed by atoms with Gasteiger partial charge in [-0.3, -0.25) is 4.79 Å². The molecule has 34 heavy (non-hydrogen) atoms. The van der Waals surface area contributed by atoms with E-state index in [-0.39, 0.29) is 12.0 Å². The van der Waals surface area contributed by atoms with E-state index in [2.05, 4.69) is 79.7 Å². The van der Waals surface area contributed by atoms with Crippen molar-refractivity contribution in [3.05, 3.63) is 107 Å². The molecular formula is C30H38N2O2. The average molecular weight is 459 g/mol. The fourth-order valence-electron chi connectivity index (χ4n) is 4.70. The summed E-state index contributed by atoms with van der Waals surface area (Å²) in [5.41, 5.74) is 16.8. The van der Waals surface area contributed by atoms with E-state index in [9.17, 15) is 4.79 Å². The molecule has 0 heterocycles. The van der Waals surface area contributed by atoms with Gasteiger partial charge in [0.15, 0.2) is 0 Å². The van der Waals surface area contributed by atoms with Crippen LogP contribution in [0.4, 0.5) is 0 Å². The van der Waals surface area contributed by atoms with Gasteiger partial charge in [0, 0.05) is 6.04 Å². The van der Waals surface area contributed by atoms with E-state index in [4.69, 9.17) is 16.2 Å². The van der Waals surface area contributed by atoms with Gasteiger partial charge in [-0.2, -0.15) is 0 Å². The summed E-state index contributed by atoms with van der Waals surface area (Å²) >= 11 is 0. The molecule has 3 rings (SSSR count). The second-order valence-electron chi connectivity index (χ2n) is 10.1. The smallest absolute Gasteiger partial charge is 0.323 e. The molecule has 1 unspecified atom stereocenters. The highest BCUT2D eigenvalue weighted by Crippen LogP contribution is 2.43. The molecule has 4 N–H and O–H groups in total. The van der Waals surface area contributed by atoms with E-state index in [0.29, 0.717) is 12.8 Å². The van der Waals surface area contributed by atoms with E-state index in [0.717, 1.165) is 23.1 Å². The van der Waals surface area contributed by atoms with Crippen molar-refractivity contribution in [2.45, 2.75) is 70.1 Å². The van der Waals surface area contributed by atoms with E-state index in [1.807, 2.05) is 32.9 Å². The first-order chi connectivity index (χ1) is 16.1. The first-order valence-electron chi connectivity index (χ1n) is 12.1. The fourth-order valence-corrected chi connectivity index (χ4v) is 4.70. The Kier molecular flexibility index (Phi) is 8.29. The van der Waals surface area contributed by atoms with E-state index in [1.165, 1.54) is 5.56 Å². The zero-order valence-electron chi connectivity index (χ0n) is 20.8. The molecule has 0 radical (unpaired) electrons. The van der Waals surface area contributed by atoms with Crippen molar-refractivity contribution >= 4 is 5.97 Å². The highest BCUT2D eigenvalue weighted by molar-refractivity contribution is 5.75. The Bertz CT molecular complexity index is 1020. The van der Waals surface area contributed by atoms with Crippen LogP contribution in [0.3, 0.4) is 0 Å². The third kappa shape index (κ3) is 5.94. The number of nitrogens with two attached hydrogens (primary N) is 2. The number of hydrogen-bond donors (Lipinski definition) is 2. The van der Waals surface area contributed by atoms with E-state index in [1.54, 1.807) is 0 Å². The van der Waals surface area contributed by atoms with Crippen LogP contribution in [-0.4, -0.2) is 23.7 Å². The Morgan fingerprint density at radius 2 is 1.32 bits per heavy atom. The van der Waals surface area contributed by atoms with Crippen LogP contribution >= 0.6 is 0 Å². The van der Waals surface area contributed by atoms with Crippen molar-refractivity contribution in [1.29, 1.82) is 0 Å². The number of ether oxygens (including phenoxy) is 1. The van der Waals surface area contributed by atoms with Gasteiger partial charge < -0.3 is 16.2 Å². The number of esters is 1. The minimum absolute atomic E-state index is 0.232. The Hall–Kier alpha value is -2.95. The molecule has 0 aromatic heterocycles. The summed E-state index contributed by atoms with van der Waals surface area (Å²) in [6, 6.07) is 28.6. The monoisotopic (exact) mass is 458 g/mol. The van der Waals surface area contributed by atoms with Gasteiger partial charge in [0.2, 0.25) is 0 Å². The number of carbonyl (C=O) groups excluding carboxylic acids is 1. The summed E-state index contributed by atoms with van der Waals surface area (Å²) in [6.07, 6.45) is 1.94. The van der Waals surface area contributed by atoms with Crippen molar-refractivity contribution < 1.29 is 9.53 Å². The Morgan fingerprint density at radius 1 is 0.794 bits per heavy atom. The van der Waals surface area contributed by atoms with Gasteiger partial charge in [0.05, 0.1) is 5.41 Å². The molecule has 0 saturated carbocycles. The SMILES string of the molecule is Cc1cccc(C(c2ccccc2)(c2ccccc2)C(N)CCC[C@H](N)C(=O)OC(C)(C)C)c1. The third-order valence-corrected chi connectivity index (χ3v) is 6.23. The van der Waals surface area contributed by atoms with Crippen LogP contribution in [0.5, 0.6) is 0 Å². The Labute approximate surface area is 204 Å². The first kappa shape index (κ1) is 25.7. The maximum absolute atomic E-state index is 12.4. The predicted molar refractivity (Wildman–Crippen MR) is 140 cm³/mol. The molecule has 0 spiro atoms. The highest BCUT2D eigenvalue weighted by atomic mass is 16.6. The molecule has 180 valence electrons. The Balaban J connectivity index is 1.96. The fraction of sp³-hybridized carbons (Fsp3) is 0.367. The molecular weight excluding hydrogens is 420 g/mol. The highest BCUT2D eigenvalue weighted by Gasteiger charge is 2.41. The molecule has 0 saturated heterocycles. The van der Waals surface area contributed by atoms with Gasteiger partial charge in [-0.15, -0.1) is 0 Å². The largest absolute Gasteiger partial charge is 0.459 e. The molecule has 0 aliphatic heterocycles. The van der Waals surface area contributed by atoms with Gasteiger partial charge in [-0.25, -0.2) is 0 Å². The van der Waals surface area contributed by atoms with Gasteiger partial charge in [0.1, 0.15) is 11.6 Å². The lowest BCUT2D eigenvalue weighted by atomic mass is 9.63. The second-order valence-corrected chi connectivity index (χ2v) is 10.1. The topological polar surface area (TPSA) is 78.3 Å². The standard InChI is InChI=1S/C30H38N2O2/c1-22-13-11-18-25(21-22)30(23-14-7-5-8-15-23,24-16-9-6-10-17-24)27(32)20-12-19-26(31)28(33)34-29(2,3)4/h5-11,13-18,21,26-27H,12,19-20,31-32H2,1-4H3/t26-,27?/m0/s1. The third-order valence-electron chi connectivity index (χ3n) is 6.23. The van der Waals surface area contributed by atoms with Crippen LogP contribution in [0, 0.1) is 6.92 Å². The van der Waals surface area contributed by atoms with Crippen molar-refractivity contribution in [1.82, 2.24) is 0 Å². The minimum atomic E-state index is -0.659. The van der Waals surface area contributed by atoms with Gasteiger partial charge in [-0.05, 0) is 63.6 Å². The second kappa shape index (κ2) is 11.0. The lowest BCUT2D eigenvalue weighted by Crippen LogP contribution is -2.47. The van der Waals surface area contributed by atoms with Crippen molar-refractivity contribution in [3.63, 3.8) is 0 Å². The van der Waals surface area contributed by atoms with Crippen LogP contribution in [0.1, 0.15) is 62.3 Å². The molecule has 0 aliphatic carbocycles. The molecule has 2 atom stereocenters.